The molecule has 0 atom stereocenters. The minimum Gasteiger partial charge on any atom is -0.343 e. The molecule has 4 nitrogen and oxygen atoms in total. The number of likely N-dealkylation sites (N-methyl/N-ethyl adjacent to an activating group) is 1. The third-order valence-corrected chi connectivity index (χ3v) is 5.47. The van der Waals surface area contributed by atoms with Crippen molar-refractivity contribution in [3.8, 4) is 0 Å². The van der Waals surface area contributed by atoms with Gasteiger partial charge in [0.05, 0.1) is 16.9 Å². The van der Waals surface area contributed by atoms with Crippen LogP contribution in [0.25, 0.3) is 0 Å². The van der Waals surface area contributed by atoms with Crippen molar-refractivity contribution in [2.24, 2.45) is 0 Å². The maximum Gasteiger partial charge on any atom is 0.251 e. The zero-order valence-electron chi connectivity index (χ0n) is 14.9. The van der Waals surface area contributed by atoms with E-state index in [2.05, 4.69) is 42.0 Å². The Hall–Kier alpha value is -1.66. The van der Waals surface area contributed by atoms with E-state index >= 15 is 0 Å². The maximum atomic E-state index is 12.2. The van der Waals surface area contributed by atoms with Gasteiger partial charge in [-0.25, -0.2) is 0 Å². The highest BCUT2D eigenvalue weighted by Crippen LogP contribution is 2.23. The number of carbonyl (C=O) groups excluding carboxylic acids is 2. The molecule has 0 radical (unpaired) electrons. The fourth-order valence-electron chi connectivity index (χ4n) is 2.27. The normalized spacial score (nSPS) is 11.2. The molecule has 134 valence electrons. The van der Waals surface area contributed by atoms with Crippen LogP contribution in [0.15, 0.2) is 40.2 Å². The average Bonchev–Trinajstić information content (AvgIpc) is 2.96. The van der Waals surface area contributed by atoms with Crippen molar-refractivity contribution in [2.45, 2.75) is 32.7 Å². The number of nitrogens with zero attached hydrogens (tertiary/aromatic N) is 1. The van der Waals surface area contributed by atoms with Crippen LogP contribution in [0.3, 0.4) is 0 Å². The lowest BCUT2D eigenvalue weighted by Gasteiger charge is -2.19. The van der Waals surface area contributed by atoms with E-state index in [0.29, 0.717) is 12.1 Å². The van der Waals surface area contributed by atoms with Gasteiger partial charge in [0.25, 0.3) is 5.91 Å². The predicted octanol–water partition coefficient (Wildman–Crippen LogP) is 4.20. The Morgan fingerprint density at radius 3 is 2.28 bits per heavy atom. The summed E-state index contributed by atoms with van der Waals surface area (Å²) >= 11 is 5.00. The Balaban J connectivity index is 1.87. The SMILES string of the molecule is CN(Cc1ccc(Br)s1)C(=O)CNC(=O)c1ccc(C(C)(C)C)cc1. The number of hydrogen-bond acceptors (Lipinski definition) is 3. The highest BCUT2D eigenvalue weighted by molar-refractivity contribution is 9.11. The fourth-order valence-corrected chi connectivity index (χ4v) is 3.81. The molecule has 2 aromatic rings. The van der Waals surface area contributed by atoms with Gasteiger partial charge in [0.1, 0.15) is 0 Å². The smallest absolute Gasteiger partial charge is 0.251 e. The molecule has 1 aromatic carbocycles. The molecule has 0 unspecified atom stereocenters. The van der Waals surface area contributed by atoms with E-state index in [0.717, 1.165) is 8.66 Å². The highest BCUT2D eigenvalue weighted by atomic mass is 79.9. The van der Waals surface area contributed by atoms with Gasteiger partial charge in [-0.05, 0) is 51.2 Å². The molecule has 25 heavy (non-hydrogen) atoms. The molecule has 0 aliphatic carbocycles. The lowest BCUT2D eigenvalue weighted by atomic mass is 9.87. The van der Waals surface area contributed by atoms with Crippen LogP contribution in [0.2, 0.25) is 0 Å². The Kier molecular flexibility index (Phi) is 6.41. The van der Waals surface area contributed by atoms with E-state index in [1.807, 2.05) is 24.3 Å². The first-order valence-electron chi connectivity index (χ1n) is 8.04. The summed E-state index contributed by atoms with van der Waals surface area (Å²) in [5.41, 5.74) is 1.78. The van der Waals surface area contributed by atoms with E-state index < -0.39 is 0 Å². The molecule has 2 amide bonds. The summed E-state index contributed by atoms with van der Waals surface area (Å²) in [6.07, 6.45) is 0. The van der Waals surface area contributed by atoms with Crippen molar-refractivity contribution in [1.82, 2.24) is 10.2 Å². The molecule has 0 aliphatic rings. The fraction of sp³-hybridized carbons (Fsp3) is 0.368. The quantitative estimate of drug-likeness (QED) is 0.784. The summed E-state index contributed by atoms with van der Waals surface area (Å²) < 4.78 is 1.04. The van der Waals surface area contributed by atoms with Crippen LogP contribution in [-0.4, -0.2) is 30.3 Å². The standard InChI is InChI=1S/C19H23BrN2O2S/c1-19(2,3)14-7-5-13(6-8-14)18(24)21-11-17(23)22(4)12-15-9-10-16(20)25-15/h5-10H,11-12H2,1-4H3,(H,21,24). The average molecular weight is 423 g/mol. The lowest BCUT2D eigenvalue weighted by molar-refractivity contribution is -0.129. The minimum atomic E-state index is -0.235. The molecular weight excluding hydrogens is 400 g/mol. The van der Waals surface area contributed by atoms with E-state index in [1.54, 1.807) is 35.4 Å². The molecule has 0 aliphatic heterocycles. The van der Waals surface area contributed by atoms with Crippen molar-refractivity contribution in [2.75, 3.05) is 13.6 Å². The van der Waals surface area contributed by atoms with Crippen LogP contribution in [0.4, 0.5) is 0 Å². The first-order valence-corrected chi connectivity index (χ1v) is 9.64. The predicted molar refractivity (Wildman–Crippen MR) is 106 cm³/mol. The van der Waals surface area contributed by atoms with E-state index in [9.17, 15) is 9.59 Å². The zero-order valence-corrected chi connectivity index (χ0v) is 17.3. The van der Waals surface area contributed by atoms with E-state index in [1.165, 1.54) is 5.56 Å². The lowest BCUT2D eigenvalue weighted by Crippen LogP contribution is -2.37. The van der Waals surface area contributed by atoms with Crippen molar-refractivity contribution in [3.05, 3.63) is 56.2 Å². The van der Waals surface area contributed by atoms with Crippen LogP contribution < -0.4 is 5.32 Å². The number of halogens is 1. The molecule has 1 N–H and O–H groups in total. The molecule has 6 heteroatoms. The van der Waals surface area contributed by atoms with Crippen LogP contribution in [0.5, 0.6) is 0 Å². The van der Waals surface area contributed by atoms with Crippen LogP contribution in [-0.2, 0) is 16.8 Å². The van der Waals surface area contributed by atoms with Crippen LogP contribution in [0.1, 0.15) is 41.6 Å². The molecule has 0 spiro atoms. The van der Waals surface area contributed by atoms with Crippen LogP contribution >= 0.6 is 27.3 Å². The highest BCUT2D eigenvalue weighted by Gasteiger charge is 2.15. The summed E-state index contributed by atoms with van der Waals surface area (Å²) in [6, 6.07) is 11.4. The van der Waals surface area contributed by atoms with Gasteiger partial charge in [-0.2, -0.15) is 0 Å². The van der Waals surface area contributed by atoms with Gasteiger partial charge in [0.2, 0.25) is 5.91 Å². The number of thiophene rings is 1. The van der Waals surface area contributed by atoms with Gasteiger partial charge < -0.3 is 10.2 Å². The van der Waals surface area contributed by atoms with Gasteiger partial charge in [0.15, 0.2) is 0 Å². The van der Waals surface area contributed by atoms with Crippen molar-refractivity contribution >= 4 is 39.1 Å². The molecule has 0 bridgehead atoms. The van der Waals surface area contributed by atoms with Crippen molar-refractivity contribution < 1.29 is 9.59 Å². The number of benzene rings is 1. The third kappa shape index (κ3) is 5.68. The van der Waals surface area contributed by atoms with Crippen molar-refractivity contribution in [3.63, 3.8) is 0 Å². The second kappa shape index (κ2) is 8.15. The topological polar surface area (TPSA) is 49.4 Å². The van der Waals surface area contributed by atoms with Gasteiger partial charge in [-0.1, -0.05) is 32.9 Å². The number of amides is 2. The van der Waals surface area contributed by atoms with Crippen molar-refractivity contribution in [1.29, 1.82) is 0 Å². The second-order valence-corrected chi connectivity index (χ2v) is 9.51. The Bertz CT molecular complexity index is 748. The molecule has 0 saturated heterocycles. The molecule has 2 rings (SSSR count). The number of rotatable bonds is 5. The Labute approximate surface area is 161 Å². The number of nitrogens with one attached hydrogen (secondary N) is 1. The van der Waals surface area contributed by atoms with Crippen LogP contribution in [0, 0.1) is 0 Å². The zero-order chi connectivity index (χ0) is 18.6. The molecule has 1 heterocycles. The maximum absolute atomic E-state index is 12.2. The largest absolute Gasteiger partial charge is 0.343 e. The summed E-state index contributed by atoms with van der Waals surface area (Å²) in [5.74, 6) is -0.356. The summed E-state index contributed by atoms with van der Waals surface area (Å²) in [5, 5.41) is 2.69. The second-order valence-electron chi connectivity index (χ2n) is 6.97. The minimum absolute atomic E-state index is 0.0110. The summed E-state index contributed by atoms with van der Waals surface area (Å²) in [4.78, 5) is 27.1. The number of hydrogen-bond donors (Lipinski definition) is 1. The van der Waals surface area contributed by atoms with Gasteiger partial charge >= 0.3 is 0 Å². The molecule has 1 aromatic heterocycles. The van der Waals surface area contributed by atoms with Gasteiger partial charge in [-0.15, -0.1) is 11.3 Å². The first-order chi connectivity index (χ1) is 11.7. The first kappa shape index (κ1) is 19.7. The van der Waals surface area contributed by atoms with E-state index in [4.69, 9.17) is 0 Å². The van der Waals surface area contributed by atoms with Gasteiger partial charge in [-0.3, -0.25) is 9.59 Å². The third-order valence-electron chi connectivity index (χ3n) is 3.86. The number of carbonyl (C=O) groups is 2. The molecule has 0 fully saturated rings. The Morgan fingerprint density at radius 2 is 1.76 bits per heavy atom. The summed E-state index contributed by atoms with van der Waals surface area (Å²) in [6.45, 7) is 6.91. The summed E-state index contributed by atoms with van der Waals surface area (Å²) in [7, 11) is 1.74. The monoisotopic (exact) mass is 422 g/mol. The molecule has 0 saturated carbocycles. The van der Waals surface area contributed by atoms with Gasteiger partial charge in [0, 0.05) is 17.5 Å². The Morgan fingerprint density at radius 1 is 1.12 bits per heavy atom. The molecular formula is C19H23BrN2O2S. The van der Waals surface area contributed by atoms with E-state index in [-0.39, 0.29) is 23.8 Å².